The number of carbonyl (C=O) groups excluding carboxylic acids is 2. The molecule has 176 valence electrons. The van der Waals surface area contributed by atoms with Crippen molar-refractivity contribution < 1.29 is 22.7 Å². The predicted molar refractivity (Wildman–Crippen MR) is 125 cm³/mol. The van der Waals surface area contributed by atoms with Crippen molar-refractivity contribution in [3.05, 3.63) is 41.4 Å². The highest BCUT2D eigenvalue weighted by Gasteiger charge is 2.26. The Morgan fingerprint density at radius 1 is 1.25 bits per heavy atom. The van der Waals surface area contributed by atoms with Crippen LogP contribution in [0.3, 0.4) is 0 Å². The van der Waals surface area contributed by atoms with Gasteiger partial charge < -0.3 is 9.64 Å². The average Bonchev–Trinajstić information content (AvgIpc) is 3.50. The minimum atomic E-state index is -3.28. The number of allylic oxidation sites excluding steroid dienone is 1. The lowest BCUT2D eigenvalue weighted by Gasteiger charge is -2.18. The third kappa shape index (κ3) is 7.52. The molecule has 32 heavy (non-hydrogen) atoms. The first-order valence-corrected chi connectivity index (χ1v) is 13.3. The molecule has 1 saturated carbocycles. The summed E-state index contributed by atoms with van der Waals surface area (Å²) in [5.74, 6) is 0.814. The number of unbranched alkanes of at least 4 members (excludes halogenated alkanes) is 2. The fourth-order valence-corrected chi connectivity index (χ4v) is 5.66. The molecule has 3 amide bonds. The van der Waals surface area contributed by atoms with Gasteiger partial charge in [0.25, 0.3) is 0 Å². The zero-order valence-corrected chi connectivity index (χ0v) is 19.8. The first kappa shape index (κ1) is 24.6. The Bertz CT molecular complexity index is 946. The molecule has 0 aromatic heterocycles. The van der Waals surface area contributed by atoms with E-state index >= 15 is 0 Å². The third-order valence-corrected chi connectivity index (χ3v) is 7.89. The van der Waals surface area contributed by atoms with Gasteiger partial charge in [-0.2, -0.15) is 0 Å². The normalized spacial score (nSPS) is 17.3. The van der Waals surface area contributed by atoms with Crippen LogP contribution in [0.5, 0.6) is 5.75 Å². The molecule has 2 aliphatic rings. The first-order chi connectivity index (χ1) is 15.3. The maximum Gasteiger partial charge on any atom is 0.324 e. The van der Waals surface area contributed by atoms with Crippen molar-refractivity contribution in [3.8, 4) is 5.75 Å². The number of rotatable bonds is 14. The van der Waals surface area contributed by atoms with Gasteiger partial charge in [0.2, 0.25) is 5.91 Å². The van der Waals surface area contributed by atoms with Crippen LogP contribution in [0.25, 0.3) is 0 Å². The standard InChI is InChI=1S/C23H31ClN2O5S/c1-2-6-19(18-9-10-20(24)21(13-18)31-15-17-7-8-17)16-32(29,30)12-5-3-4-11-26-14-22(27)25-23(26)28/h2,9-10,13,17,19H,1,3-8,11-12,14-16H2,(H,25,27,28)/t19-/m0/s1. The highest BCUT2D eigenvalue weighted by Crippen LogP contribution is 2.34. The number of hydrogen-bond donors (Lipinski definition) is 1. The van der Waals surface area contributed by atoms with Crippen LogP contribution in [-0.4, -0.2) is 56.5 Å². The molecule has 1 N–H and O–H groups in total. The van der Waals surface area contributed by atoms with Crippen molar-refractivity contribution in [2.24, 2.45) is 5.92 Å². The second-order valence-electron chi connectivity index (χ2n) is 8.62. The highest BCUT2D eigenvalue weighted by molar-refractivity contribution is 7.91. The van der Waals surface area contributed by atoms with Crippen LogP contribution >= 0.6 is 11.6 Å². The molecule has 1 aromatic rings. The molecule has 1 aliphatic heterocycles. The van der Waals surface area contributed by atoms with Gasteiger partial charge >= 0.3 is 6.03 Å². The number of benzene rings is 1. The Morgan fingerprint density at radius 2 is 2.03 bits per heavy atom. The van der Waals surface area contributed by atoms with E-state index in [4.69, 9.17) is 16.3 Å². The molecule has 1 heterocycles. The lowest BCUT2D eigenvalue weighted by Crippen LogP contribution is -2.29. The Kier molecular flexibility index (Phi) is 8.59. The number of carbonyl (C=O) groups is 2. The molecule has 1 aromatic carbocycles. The molecular formula is C23H31ClN2O5S. The van der Waals surface area contributed by atoms with Gasteiger partial charge in [0.1, 0.15) is 12.3 Å². The summed E-state index contributed by atoms with van der Waals surface area (Å²) >= 11 is 6.27. The molecule has 0 spiro atoms. The smallest absolute Gasteiger partial charge is 0.324 e. The van der Waals surface area contributed by atoms with Gasteiger partial charge in [-0.1, -0.05) is 30.2 Å². The molecule has 1 saturated heterocycles. The van der Waals surface area contributed by atoms with E-state index in [2.05, 4.69) is 11.9 Å². The Balaban J connectivity index is 1.50. The van der Waals surface area contributed by atoms with Crippen molar-refractivity contribution in [2.75, 3.05) is 31.2 Å². The largest absolute Gasteiger partial charge is 0.492 e. The summed E-state index contributed by atoms with van der Waals surface area (Å²) in [5.41, 5.74) is 0.883. The van der Waals surface area contributed by atoms with Crippen LogP contribution in [0.4, 0.5) is 4.79 Å². The van der Waals surface area contributed by atoms with Crippen molar-refractivity contribution in [2.45, 2.75) is 44.4 Å². The number of ether oxygens (including phenoxy) is 1. The molecule has 7 nitrogen and oxygen atoms in total. The summed E-state index contributed by atoms with van der Waals surface area (Å²) in [5, 5.41) is 2.76. The fraction of sp³-hybridized carbons (Fsp3) is 0.565. The van der Waals surface area contributed by atoms with E-state index in [1.807, 2.05) is 12.1 Å². The lowest BCUT2D eigenvalue weighted by atomic mass is 9.97. The van der Waals surface area contributed by atoms with E-state index in [-0.39, 0.29) is 35.9 Å². The molecule has 9 heteroatoms. The van der Waals surface area contributed by atoms with Crippen LogP contribution < -0.4 is 10.1 Å². The Morgan fingerprint density at radius 3 is 2.69 bits per heavy atom. The van der Waals surface area contributed by atoms with Crippen LogP contribution in [0.1, 0.15) is 50.0 Å². The van der Waals surface area contributed by atoms with Gasteiger partial charge in [0, 0.05) is 12.5 Å². The molecule has 0 unspecified atom stereocenters. The van der Waals surface area contributed by atoms with Gasteiger partial charge in [0.05, 0.1) is 23.1 Å². The van der Waals surface area contributed by atoms with Crippen molar-refractivity contribution in [1.82, 2.24) is 10.2 Å². The predicted octanol–water partition coefficient (Wildman–Crippen LogP) is 3.93. The Hall–Kier alpha value is -2.06. The summed E-state index contributed by atoms with van der Waals surface area (Å²) in [6.45, 7) is 4.95. The Labute approximate surface area is 195 Å². The second kappa shape index (κ2) is 11.2. The molecule has 1 aliphatic carbocycles. The zero-order valence-electron chi connectivity index (χ0n) is 18.2. The number of amides is 3. The quantitative estimate of drug-likeness (QED) is 0.246. The number of imide groups is 1. The highest BCUT2D eigenvalue weighted by atomic mass is 35.5. The van der Waals surface area contributed by atoms with E-state index in [1.165, 1.54) is 17.7 Å². The molecular weight excluding hydrogens is 452 g/mol. The average molecular weight is 483 g/mol. The zero-order chi connectivity index (χ0) is 23.1. The van der Waals surface area contributed by atoms with E-state index in [0.717, 1.165) is 5.56 Å². The topological polar surface area (TPSA) is 92.8 Å². The molecule has 0 radical (unpaired) electrons. The summed E-state index contributed by atoms with van der Waals surface area (Å²) in [7, 11) is -3.28. The van der Waals surface area contributed by atoms with E-state index in [0.29, 0.717) is 55.5 Å². The van der Waals surface area contributed by atoms with Gasteiger partial charge in [0.15, 0.2) is 9.84 Å². The first-order valence-electron chi connectivity index (χ1n) is 11.1. The second-order valence-corrected chi connectivity index (χ2v) is 11.3. The van der Waals surface area contributed by atoms with Crippen molar-refractivity contribution in [1.29, 1.82) is 0 Å². The van der Waals surface area contributed by atoms with Crippen LogP contribution in [0.15, 0.2) is 30.9 Å². The van der Waals surface area contributed by atoms with Gasteiger partial charge in [-0.05, 0) is 55.7 Å². The monoisotopic (exact) mass is 482 g/mol. The fourth-order valence-electron chi connectivity index (χ4n) is 3.73. The van der Waals surface area contributed by atoms with E-state index in [1.54, 1.807) is 12.1 Å². The summed E-state index contributed by atoms with van der Waals surface area (Å²) < 4.78 is 31.4. The van der Waals surface area contributed by atoms with Crippen molar-refractivity contribution >= 4 is 33.4 Å². The maximum atomic E-state index is 12.8. The lowest BCUT2D eigenvalue weighted by molar-refractivity contribution is -0.118. The number of sulfone groups is 1. The van der Waals surface area contributed by atoms with Gasteiger partial charge in [-0.15, -0.1) is 6.58 Å². The van der Waals surface area contributed by atoms with Crippen LogP contribution in [0, 0.1) is 5.92 Å². The number of nitrogens with one attached hydrogen (secondary N) is 1. The maximum absolute atomic E-state index is 12.8. The number of nitrogens with zero attached hydrogens (tertiary/aromatic N) is 1. The van der Waals surface area contributed by atoms with Gasteiger partial charge in [-0.25, -0.2) is 13.2 Å². The molecule has 2 fully saturated rings. The summed E-state index contributed by atoms with van der Waals surface area (Å²) in [6.07, 6.45) is 6.48. The SMILES string of the molecule is C=CC[C@@H](CS(=O)(=O)CCCCCN1CC(=O)NC1=O)c1ccc(Cl)c(OCC2CC2)c1. The van der Waals surface area contributed by atoms with Gasteiger partial charge in [-0.3, -0.25) is 10.1 Å². The van der Waals surface area contributed by atoms with E-state index < -0.39 is 9.84 Å². The molecule has 1 atom stereocenters. The number of halogens is 1. The number of urea groups is 1. The van der Waals surface area contributed by atoms with Crippen molar-refractivity contribution in [3.63, 3.8) is 0 Å². The molecule has 3 rings (SSSR count). The van der Waals surface area contributed by atoms with Crippen LogP contribution in [-0.2, 0) is 14.6 Å². The molecule has 0 bridgehead atoms. The minimum Gasteiger partial charge on any atom is -0.492 e. The summed E-state index contributed by atoms with van der Waals surface area (Å²) in [6, 6.07) is 5.11. The summed E-state index contributed by atoms with van der Waals surface area (Å²) in [4.78, 5) is 24.2. The minimum absolute atomic E-state index is 0.0335. The van der Waals surface area contributed by atoms with E-state index in [9.17, 15) is 18.0 Å². The number of hydrogen-bond acceptors (Lipinski definition) is 5. The van der Waals surface area contributed by atoms with Crippen LogP contribution in [0.2, 0.25) is 5.02 Å². The third-order valence-electron chi connectivity index (χ3n) is 5.76.